The largest absolute Gasteiger partial charge is 0.495 e. The van der Waals surface area contributed by atoms with E-state index in [-0.39, 0.29) is 42.6 Å². The average Bonchev–Trinajstić information content (AvgIpc) is 3.02. The molecule has 1 aromatic rings. The van der Waals surface area contributed by atoms with E-state index < -0.39 is 0 Å². The number of anilines is 1. The van der Waals surface area contributed by atoms with Crippen LogP contribution >= 0.6 is 24.0 Å². The molecule has 2 N–H and O–H groups in total. The lowest BCUT2D eigenvalue weighted by Crippen LogP contribution is -2.50. The van der Waals surface area contributed by atoms with Gasteiger partial charge in [-0.05, 0) is 37.5 Å². The zero-order valence-electron chi connectivity index (χ0n) is 14.8. The van der Waals surface area contributed by atoms with E-state index in [4.69, 9.17) is 22.1 Å². The van der Waals surface area contributed by atoms with E-state index in [2.05, 4.69) is 0 Å². The maximum absolute atomic E-state index is 12.9. The quantitative estimate of drug-likeness (QED) is 0.840. The number of likely N-dealkylation sites (tertiary alicyclic amines) is 1. The smallest absolute Gasteiger partial charge is 0.228 e. The van der Waals surface area contributed by atoms with Crippen LogP contribution in [-0.2, 0) is 9.59 Å². The third kappa shape index (κ3) is 4.08. The van der Waals surface area contributed by atoms with Gasteiger partial charge in [-0.2, -0.15) is 0 Å². The van der Waals surface area contributed by atoms with Crippen LogP contribution in [0.3, 0.4) is 0 Å². The van der Waals surface area contributed by atoms with Gasteiger partial charge in [-0.3, -0.25) is 9.59 Å². The van der Waals surface area contributed by atoms with E-state index in [9.17, 15) is 9.59 Å². The van der Waals surface area contributed by atoms with Crippen molar-refractivity contribution in [3.8, 4) is 5.75 Å². The lowest BCUT2D eigenvalue weighted by atomic mass is 9.98. The zero-order chi connectivity index (χ0) is 18.0. The lowest BCUT2D eigenvalue weighted by molar-refractivity contribution is -0.139. The molecule has 26 heavy (non-hydrogen) atoms. The second kappa shape index (κ2) is 8.93. The van der Waals surface area contributed by atoms with Crippen LogP contribution in [0, 0.1) is 5.92 Å². The molecule has 144 valence electrons. The van der Waals surface area contributed by atoms with Gasteiger partial charge in [0, 0.05) is 37.1 Å². The van der Waals surface area contributed by atoms with Gasteiger partial charge in [-0.1, -0.05) is 11.6 Å². The third-order valence-electron chi connectivity index (χ3n) is 5.09. The molecule has 6 nitrogen and oxygen atoms in total. The summed E-state index contributed by atoms with van der Waals surface area (Å²) in [6, 6.07) is 5.24. The Bertz CT molecular complexity index is 671. The van der Waals surface area contributed by atoms with Gasteiger partial charge in [-0.25, -0.2) is 0 Å². The fourth-order valence-electron chi connectivity index (χ4n) is 3.75. The number of methoxy groups -OCH3 is 1. The third-order valence-corrected chi connectivity index (χ3v) is 5.32. The van der Waals surface area contributed by atoms with E-state index in [1.54, 1.807) is 30.2 Å². The van der Waals surface area contributed by atoms with Crippen LogP contribution < -0.4 is 15.4 Å². The number of benzene rings is 1. The Morgan fingerprint density at radius 3 is 2.85 bits per heavy atom. The maximum Gasteiger partial charge on any atom is 0.228 e. The van der Waals surface area contributed by atoms with Crippen LogP contribution in [0.1, 0.15) is 25.7 Å². The van der Waals surface area contributed by atoms with Gasteiger partial charge in [0.05, 0.1) is 18.7 Å². The molecule has 8 heteroatoms. The number of halogens is 2. The summed E-state index contributed by atoms with van der Waals surface area (Å²) in [5.41, 5.74) is 6.44. The van der Waals surface area contributed by atoms with Gasteiger partial charge in [0.25, 0.3) is 0 Å². The number of hydrogen-bond acceptors (Lipinski definition) is 4. The topological polar surface area (TPSA) is 75.9 Å². The Morgan fingerprint density at radius 2 is 2.15 bits per heavy atom. The zero-order valence-corrected chi connectivity index (χ0v) is 16.4. The van der Waals surface area contributed by atoms with Gasteiger partial charge in [0.1, 0.15) is 5.75 Å². The molecule has 2 aliphatic rings. The summed E-state index contributed by atoms with van der Waals surface area (Å²) in [6.07, 6.45) is 3.24. The first kappa shape index (κ1) is 20.8. The summed E-state index contributed by atoms with van der Waals surface area (Å²) in [4.78, 5) is 29.0. The van der Waals surface area contributed by atoms with Crippen molar-refractivity contribution in [2.24, 2.45) is 11.7 Å². The summed E-state index contributed by atoms with van der Waals surface area (Å²) in [5, 5.41) is 0.526. The molecule has 2 saturated heterocycles. The fourth-order valence-corrected chi connectivity index (χ4v) is 3.92. The standard InChI is InChI=1S/C18H24ClN3O3.ClH/c1-25-16-6-5-13(19)9-15(16)22-11-12(8-17(22)23)18(24)21-7-3-2-4-14(21)10-20;/h5-6,9,12,14H,2-4,7-8,10-11,20H2,1H3;1H. The van der Waals surface area contributed by atoms with E-state index in [0.717, 1.165) is 25.8 Å². The molecular formula is C18H25Cl2N3O3. The van der Waals surface area contributed by atoms with Gasteiger partial charge >= 0.3 is 0 Å². The molecule has 2 amide bonds. The molecule has 2 unspecified atom stereocenters. The van der Waals surface area contributed by atoms with Crippen LogP contribution in [0.5, 0.6) is 5.75 Å². The van der Waals surface area contributed by atoms with Crippen molar-refractivity contribution in [2.75, 3.05) is 31.6 Å². The SMILES string of the molecule is COc1ccc(Cl)cc1N1CC(C(=O)N2CCCCC2CN)CC1=O.Cl. The van der Waals surface area contributed by atoms with Gasteiger partial charge in [-0.15, -0.1) is 12.4 Å². The molecule has 2 aliphatic heterocycles. The van der Waals surface area contributed by atoms with Crippen molar-refractivity contribution in [2.45, 2.75) is 31.7 Å². The summed E-state index contributed by atoms with van der Waals surface area (Å²) < 4.78 is 5.34. The molecule has 0 aliphatic carbocycles. The fraction of sp³-hybridized carbons (Fsp3) is 0.556. The summed E-state index contributed by atoms with van der Waals surface area (Å²) in [5.74, 6) is 0.180. The molecule has 0 bridgehead atoms. The Kier molecular flexibility index (Phi) is 7.15. The molecule has 0 spiro atoms. The average molecular weight is 402 g/mol. The Hall–Kier alpha value is -1.50. The van der Waals surface area contributed by atoms with Crippen LogP contribution in [-0.4, -0.2) is 49.5 Å². The van der Waals surface area contributed by atoms with E-state index in [1.165, 1.54) is 0 Å². The molecule has 0 radical (unpaired) electrons. The highest BCUT2D eigenvalue weighted by Crippen LogP contribution is 2.36. The normalized spacial score (nSPS) is 23.0. The second-order valence-electron chi connectivity index (χ2n) is 6.64. The molecule has 1 aromatic carbocycles. The minimum atomic E-state index is -0.344. The number of nitrogens with two attached hydrogens (primary N) is 1. The highest BCUT2D eigenvalue weighted by Gasteiger charge is 2.40. The molecule has 2 atom stereocenters. The van der Waals surface area contributed by atoms with Crippen molar-refractivity contribution in [1.29, 1.82) is 0 Å². The Labute approximate surface area is 165 Å². The van der Waals surface area contributed by atoms with E-state index >= 15 is 0 Å². The number of rotatable bonds is 4. The minimum absolute atomic E-state index is 0. The second-order valence-corrected chi connectivity index (χ2v) is 7.07. The number of hydrogen-bond donors (Lipinski definition) is 1. The monoisotopic (exact) mass is 401 g/mol. The highest BCUT2D eigenvalue weighted by molar-refractivity contribution is 6.31. The van der Waals surface area contributed by atoms with Gasteiger partial charge in [0.15, 0.2) is 0 Å². The maximum atomic E-state index is 12.9. The molecular weight excluding hydrogens is 377 g/mol. The van der Waals surface area contributed by atoms with Crippen LogP contribution in [0.15, 0.2) is 18.2 Å². The molecule has 0 saturated carbocycles. The molecule has 0 aromatic heterocycles. The van der Waals surface area contributed by atoms with E-state index in [0.29, 0.717) is 29.5 Å². The number of nitrogens with zero attached hydrogens (tertiary/aromatic N) is 2. The Morgan fingerprint density at radius 1 is 1.38 bits per heavy atom. The predicted octanol–water partition coefficient (Wildman–Crippen LogP) is 2.46. The first-order valence-electron chi connectivity index (χ1n) is 8.69. The number of carbonyl (C=O) groups is 2. The number of carbonyl (C=O) groups excluding carboxylic acids is 2. The van der Waals surface area contributed by atoms with Crippen LogP contribution in [0.25, 0.3) is 0 Å². The number of ether oxygens (including phenoxy) is 1. The lowest BCUT2D eigenvalue weighted by Gasteiger charge is -2.36. The first-order valence-corrected chi connectivity index (χ1v) is 9.07. The molecule has 2 fully saturated rings. The summed E-state index contributed by atoms with van der Waals surface area (Å²) in [6.45, 7) is 1.55. The number of amides is 2. The first-order chi connectivity index (χ1) is 12.0. The highest BCUT2D eigenvalue weighted by atomic mass is 35.5. The summed E-state index contributed by atoms with van der Waals surface area (Å²) in [7, 11) is 1.55. The van der Waals surface area contributed by atoms with Crippen molar-refractivity contribution >= 4 is 41.5 Å². The Balaban J connectivity index is 0.00000243. The van der Waals surface area contributed by atoms with E-state index in [1.807, 2.05) is 4.90 Å². The van der Waals surface area contributed by atoms with Gasteiger partial charge < -0.3 is 20.3 Å². The minimum Gasteiger partial charge on any atom is -0.495 e. The van der Waals surface area contributed by atoms with Crippen LogP contribution in [0.2, 0.25) is 5.02 Å². The summed E-state index contributed by atoms with van der Waals surface area (Å²) >= 11 is 6.08. The number of piperidine rings is 1. The van der Waals surface area contributed by atoms with Crippen molar-refractivity contribution in [3.63, 3.8) is 0 Å². The molecule has 2 heterocycles. The van der Waals surface area contributed by atoms with Crippen molar-refractivity contribution in [1.82, 2.24) is 4.90 Å². The van der Waals surface area contributed by atoms with Gasteiger partial charge in [0.2, 0.25) is 11.8 Å². The van der Waals surface area contributed by atoms with Crippen molar-refractivity contribution < 1.29 is 14.3 Å². The van der Waals surface area contributed by atoms with Crippen LogP contribution in [0.4, 0.5) is 5.69 Å². The predicted molar refractivity (Wildman–Crippen MR) is 104 cm³/mol. The van der Waals surface area contributed by atoms with Crippen molar-refractivity contribution in [3.05, 3.63) is 23.2 Å². The molecule has 3 rings (SSSR count).